The highest BCUT2D eigenvalue weighted by Gasteiger charge is 2.30. The van der Waals surface area contributed by atoms with E-state index in [1.54, 1.807) is 0 Å². The molecule has 1 aromatic carbocycles. The summed E-state index contributed by atoms with van der Waals surface area (Å²) in [4.78, 5) is 25.0. The van der Waals surface area contributed by atoms with E-state index in [1.165, 1.54) is 19.0 Å². The maximum Gasteiger partial charge on any atom is 0.320 e. The van der Waals surface area contributed by atoms with Crippen molar-refractivity contribution in [2.75, 3.05) is 14.1 Å². The van der Waals surface area contributed by atoms with Crippen LogP contribution in [0.15, 0.2) is 18.2 Å². The predicted octanol–water partition coefficient (Wildman–Crippen LogP) is 2.18. The average molecular weight is 328 g/mol. The molecule has 0 spiro atoms. The molecule has 23 heavy (non-hydrogen) atoms. The first-order valence-corrected chi connectivity index (χ1v) is 7.28. The lowest BCUT2D eigenvalue weighted by atomic mass is 9.99. The van der Waals surface area contributed by atoms with E-state index < -0.39 is 35.6 Å². The van der Waals surface area contributed by atoms with E-state index in [0.717, 1.165) is 12.1 Å². The highest BCUT2D eigenvalue weighted by molar-refractivity contribution is 5.84. The molecule has 7 heteroatoms. The van der Waals surface area contributed by atoms with E-state index in [2.05, 4.69) is 5.32 Å². The molecule has 0 heterocycles. The highest BCUT2D eigenvalue weighted by Crippen LogP contribution is 2.22. The molecule has 128 valence electrons. The molecule has 0 bridgehead atoms. The Bertz CT molecular complexity index is 576. The highest BCUT2D eigenvalue weighted by atomic mass is 19.1. The number of nitrogens with one attached hydrogen (secondary N) is 1. The molecule has 1 aromatic rings. The molecule has 1 amide bonds. The average Bonchev–Trinajstić information content (AvgIpc) is 2.42. The minimum atomic E-state index is -1.20. The van der Waals surface area contributed by atoms with Crippen molar-refractivity contribution in [1.82, 2.24) is 10.2 Å². The van der Waals surface area contributed by atoms with Crippen molar-refractivity contribution in [2.24, 2.45) is 5.92 Å². The predicted molar refractivity (Wildman–Crippen MR) is 81.8 cm³/mol. The number of hydrogen-bond donors (Lipinski definition) is 2. The van der Waals surface area contributed by atoms with Crippen LogP contribution >= 0.6 is 0 Å². The monoisotopic (exact) mass is 328 g/mol. The van der Waals surface area contributed by atoms with Crippen molar-refractivity contribution in [2.45, 2.75) is 32.4 Å². The van der Waals surface area contributed by atoms with Crippen molar-refractivity contribution in [3.63, 3.8) is 0 Å². The number of carboxylic acids is 1. The fourth-order valence-corrected chi connectivity index (χ4v) is 2.20. The molecule has 0 aliphatic carbocycles. The van der Waals surface area contributed by atoms with Crippen molar-refractivity contribution >= 4 is 11.9 Å². The van der Waals surface area contributed by atoms with Gasteiger partial charge in [0.15, 0.2) is 0 Å². The summed E-state index contributed by atoms with van der Waals surface area (Å²) >= 11 is 0. The van der Waals surface area contributed by atoms with E-state index in [4.69, 9.17) is 0 Å². The van der Waals surface area contributed by atoms with Gasteiger partial charge in [0.2, 0.25) is 5.91 Å². The van der Waals surface area contributed by atoms with Crippen molar-refractivity contribution in [1.29, 1.82) is 0 Å². The summed E-state index contributed by atoms with van der Waals surface area (Å²) in [6, 6.07) is 0.635. The Morgan fingerprint density at radius 3 is 2.30 bits per heavy atom. The summed E-state index contributed by atoms with van der Waals surface area (Å²) < 4.78 is 27.1. The summed E-state index contributed by atoms with van der Waals surface area (Å²) in [5.41, 5.74) is -0.0832. The molecule has 0 radical (unpaired) electrons. The van der Waals surface area contributed by atoms with E-state index in [0.29, 0.717) is 6.07 Å². The van der Waals surface area contributed by atoms with Gasteiger partial charge in [0.25, 0.3) is 0 Å². The van der Waals surface area contributed by atoms with Gasteiger partial charge >= 0.3 is 5.97 Å². The minimum absolute atomic E-state index is 0.0665. The topological polar surface area (TPSA) is 69.6 Å². The third-order valence-corrected chi connectivity index (χ3v) is 3.33. The van der Waals surface area contributed by atoms with Gasteiger partial charge in [-0.3, -0.25) is 14.9 Å². The molecule has 0 aliphatic rings. The fourth-order valence-electron chi connectivity index (χ4n) is 2.20. The molecule has 0 aliphatic heterocycles. The SMILES string of the molecule is CC(C)C[C@H](N[C@@H](C(=O)N(C)C)c1ccc(F)cc1F)C(=O)O. The summed E-state index contributed by atoms with van der Waals surface area (Å²) in [5, 5.41) is 12.0. The first-order chi connectivity index (χ1) is 10.6. The molecule has 5 nitrogen and oxygen atoms in total. The van der Waals surface area contributed by atoms with Gasteiger partial charge in [-0.2, -0.15) is 0 Å². The number of carbonyl (C=O) groups is 2. The van der Waals surface area contributed by atoms with Crippen molar-refractivity contribution in [3.05, 3.63) is 35.4 Å². The number of carboxylic acid groups (broad SMARTS) is 1. The zero-order valence-corrected chi connectivity index (χ0v) is 13.6. The standard InChI is InChI=1S/C16H22F2N2O3/c1-9(2)7-13(16(22)23)19-14(15(21)20(3)4)11-6-5-10(17)8-12(11)18/h5-6,8-9,13-14,19H,7H2,1-4H3,(H,22,23)/t13-,14+/m0/s1. The molecule has 0 unspecified atom stereocenters. The zero-order valence-electron chi connectivity index (χ0n) is 13.6. The van der Waals surface area contributed by atoms with E-state index >= 15 is 0 Å². The second-order valence-electron chi connectivity index (χ2n) is 6.02. The number of likely N-dealkylation sites (N-methyl/N-ethyl adjacent to an activating group) is 1. The first-order valence-electron chi connectivity index (χ1n) is 7.28. The lowest BCUT2D eigenvalue weighted by Crippen LogP contribution is -2.46. The quantitative estimate of drug-likeness (QED) is 0.805. The van der Waals surface area contributed by atoms with Crippen LogP contribution in [-0.2, 0) is 9.59 Å². The number of carbonyl (C=O) groups excluding carboxylic acids is 1. The Labute approximate surface area is 134 Å². The third kappa shape index (κ3) is 5.28. The molecular formula is C16H22F2N2O3. The maximum absolute atomic E-state index is 14.0. The summed E-state index contributed by atoms with van der Waals surface area (Å²) in [6.07, 6.45) is 0.273. The van der Waals surface area contributed by atoms with Crippen molar-refractivity contribution in [3.8, 4) is 0 Å². The molecule has 2 N–H and O–H groups in total. The Hall–Kier alpha value is -2.02. The van der Waals surface area contributed by atoms with Crippen molar-refractivity contribution < 1.29 is 23.5 Å². The second kappa shape index (κ2) is 8.01. The van der Waals surface area contributed by atoms with E-state index in [1.807, 2.05) is 13.8 Å². The number of amides is 1. The zero-order chi connectivity index (χ0) is 17.7. The number of benzene rings is 1. The van der Waals surface area contributed by atoms with Crippen LogP contribution in [-0.4, -0.2) is 42.0 Å². The molecule has 1 rings (SSSR count). The van der Waals surface area contributed by atoms with Gasteiger partial charge in [0.1, 0.15) is 23.7 Å². The smallest absolute Gasteiger partial charge is 0.320 e. The normalized spacial score (nSPS) is 13.7. The summed E-state index contributed by atoms with van der Waals surface area (Å²) in [6.45, 7) is 3.69. The molecule has 0 saturated carbocycles. The Kier molecular flexibility index (Phi) is 6.62. The van der Waals surface area contributed by atoms with E-state index in [-0.39, 0.29) is 17.9 Å². The lowest BCUT2D eigenvalue weighted by molar-refractivity contribution is -0.141. The molecule has 2 atom stereocenters. The number of nitrogens with zero attached hydrogens (tertiary/aromatic N) is 1. The van der Waals surface area contributed by atoms with Gasteiger partial charge in [-0.15, -0.1) is 0 Å². The Morgan fingerprint density at radius 2 is 1.87 bits per heavy atom. The first kappa shape index (κ1) is 19.0. The van der Waals surface area contributed by atoms with Crippen LogP contribution in [0.3, 0.4) is 0 Å². The fraction of sp³-hybridized carbons (Fsp3) is 0.500. The van der Waals surface area contributed by atoms with E-state index in [9.17, 15) is 23.5 Å². The minimum Gasteiger partial charge on any atom is -0.480 e. The number of hydrogen-bond acceptors (Lipinski definition) is 3. The molecule has 0 aromatic heterocycles. The van der Waals surface area contributed by atoms with Crippen LogP contribution in [0.5, 0.6) is 0 Å². The van der Waals surface area contributed by atoms with Crippen LogP contribution < -0.4 is 5.32 Å². The number of halogens is 2. The van der Waals surface area contributed by atoms with Gasteiger partial charge in [0.05, 0.1) is 0 Å². The molecular weight excluding hydrogens is 306 g/mol. The van der Waals surface area contributed by atoms with Gasteiger partial charge in [-0.1, -0.05) is 19.9 Å². The molecule has 0 saturated heterocycles. The molecule has 0 fully saturated rings. The van der Waals surface area contributed by atoms with Crippen LogP contribution in [0.25, 0.3) is 0 Å². The van der Waals surface area contributed by atoms with Crippen LogP contribution in [0.1, 0.15) is 31.9 Å². The summed E-state index contributed by atoms with van der Waals surface area (Å²) in [5.74, 6) is -3.23. The maximum atomic E-state index is 14.0. The second-order valence-corrected chi connectivity index (χ2v) is 6.02. The largest absolute Gasteiger partial charge is 0.480 e. The number of rotatable bonds is 7. The van der Waals surface area contributed by atoms with Crippen LogP contribution in [0.2, 0.25) is 0 Å². The van der Waals surface area contributed by atoms with Gasteiger partial charge < -0.3 is 10.0 Å². The van der Waals surface area contributed by atoms with Gasteiger partial charge in [0, 0.05) is 25.7 Å². The van der Waals surface area contributed by atoms with Crippen LogP contribution in [0, 0.1) is 17.6 Å². The lowest BCUT2D eigenvalue weighted by Gasteiger charge is -2.26. The number of aliphatic carboxylic acids is 1. The Balaban J connectivity index is 3.19. The van der Waals surface area contributed by atoms with Crippen LogP contribution in [0.4, 0.5) is 8.78 Å². The summed E-state index contributed by atoms with van der Waals surface area (Å²) in [7, 11) is 2.97. The third-order valence-electron chi connectivity index (χ3n) is 3.33. The Morgan fingerprint density at radius 1 is 1.26 bits per heavy atom. The van der Waals surface area contributed by atoms with Gasteiger partial charge in [-0.25, -0.2) is 8.78 Å². The van der Waals surface area contributed by atoms with Gasteiger partial charge in [-0.05, 0) is 18.4 Å².